The van der Waals surface area contributed by atoms with Crippen molar-refractivity contribution < 1.29 is 13.5 Å². The minimum absolute atomic E-state index is 0.0863. The third kappa shape index (κ3) is 3.00. The number of hydrogen-bond donors (Lipinski definition) is 2. The third-order valence-electron chi connectivity index (χ3n) is 2.59. The van der Waals surface area contributed by atoms with Crippen molar-refractivity contribution in [2.45, 2.75) is 11.8 Å². The molecule has 0 aliphatic carbocycles. The first kappa shape index (κ1) is 13.7. The van der Waals surface area contributed by atoms with E-state index < -0.39 is 10.0 Å². The number of aromatic hydroxyl groups is 1. The quantitative estimate of drug-likeness (QED) is 0.855. The standard InChI is InChI=1S/C13H12ClNO3S/c1-9-6-7-10(14)8-13(9)19(17,18)15-11-4-2-3-5-12(11)16/h2-8,15-16H,1H3. The van der Waals surface area contributed by atoms with Crippen LogP contribution in [0, 0.1) is 6.92 Å². The van der Waals surface area contributed by atoms with E-state index in [-0.39, 0.29) is 16.3 Å². The number of hydrogen-bond acceptors (Lipinski definition) is 3. The predicted octanol–water partition coefficient (Wildman–Crippen LogP) is 3.15. The van der Waals surface area contributed by atoms with Crippen LogP contribution in [0.1, 0.15) is 5.56 Å². The van der Waals surface area contributed by atoms with Crippen molar-refractivity contribution in [3.63, 3.8) is 0 Å². The number of benzene rings is 2. The lowest BCUT2D eigenvalue weighted by Crippen LogP contribution is -2.14. The van der Waals surface area contributed by atoms with E-state index >= 15 is 0 Å². The van der Waals surface area contributed by atoms with E-state index in [9.17, 15) is 13.5 Å². The second-order valence-corrected chi connectivity index (χ2v) is 6.12. The molecule has 100 valence electrons. The van der Waals surface area contributed by atoms with Crippen molar-refractivity contribution in [1.29, 1.82) is 0 Å². The molecular weight excluding hydrogens is 286 g/mol. The lowest BCUT2D eigenvalue weighted by atomic mass is 10.2. The molecule has 0 aliphatic rings. The monoisotopic (exact) mass is 297 g/mol. The number of phenolic OH excluding ortho intramolecular Hbond substituents is 1. The number of para-hydroxylation sites is 2. The van der Waals surface area contributed by atoms with Gasteiger partial charge in [0, 0.05) is 5.02 Å². The molecule has 0 amide bonds. The molecule has 6 heteroatoms. The minimum Gasteiger partial charge on any atom is -0.506 e. The lowest BCUT2D eigenvalue weighted by Gasteiger charge is -2.11. The van der Waals surface area contributed by atoms with Crippen LogP contribution in [0.4, 0.5) is 5.69 Å². The highest BCUT2D eigenvalue weighted by molar-refractivity contribution is 7.92. The topological polar surface area (TPSA) is 66.4 Å². The predicted molar refractivity (Wildman–Crippen MR) is 75.1 cm³/mol. The Morgan fingerprint density at radius 1 is 1.16 bits per heavy atom. The number of rotatable bonds is 3. The van der Waals surface area contributed by atoms with E-state index in [1.54, 1.807) is 31.2 Å². The van der Waals surface area contributed by atoms with E-state index in [4.69, 9.17) is 11.6 Å². The molecule has 0 atom stereocenters. The number of halogens is 1. The fourth-order valence-electron chi connectivity index (χ4n) is 1.62. The van der Waals surface area contributed by atoms with Gasteiger partial charge in [0.15, 0.2) is 0 Å². The smallest absolute Gasteiger partial charge is 0.262 e. The summed E-state index contributed by atoms with van der Waals surface area (Å²) in [5.41, 5.74) is 0.703. The summed E-state index contributed by atoms with van der Waals surface area (Å²) in [5.74, 6) is -0.134. The number of anilines is 1. The molecule has 0 aromatic heterocycles. The van der Waals surface area contributed by atoms with Crippen molar-refractivity contribution >= 4 is 27.3 Å². The van der Waals surface area contributed by atoms with E-state index in [0.29, 0.717) is 10.6 Å². The summed E-state index contributed by atoms with van der Waals surface area (Å²) < 4.78 is 26.8. The second-order valence-electron chi connectivity index (χ2n) is 4.03. The first-order valence-electron chi connectivity index (χ1n) is 5.47. The first-order chi connectivity index (χ1) is 8.90. The lowest BCUT2D eigenvalue weighted by molar-refractivity contribution is 0.477. The molecule has 2 aromatic rings. The molecule has 0 saturated heterocycles. The Morgan fingerprint density at radius 2 is 1.84 bits per heavy atom. The molecule has 0 aliphatic heterocycles. The van der Waals surface area contributed by atoms with Gasteiger partial charge in [-0.1, -0.05) is 29.8 Å². The van der Waals surface area contributed by atoms with E-state index in [1.807, 2.05) is 0 Å². The van der Waals surface area contributed by atoms with Gasteiger partial charge >= 0.3 is 0 Å². The van der Waals surface area contributed by atoms with Crippen LogP contribution >= 0.6 is 11.6 Å². The fourth-order valence-corrected chi connectivity index (χ4v) is 3.21. The zero-order chi connectivity index (χ0) is 14.0. The summed E-state index contributed by atoms with van der Waals surface area (Å²) in [4.78, 5) is 0.0863. The Kier molecular flexibility index (Phi) is 3.68. The van der Waals surface area contributed by atoms with Crippen LogP contribution in [0.3, 0.4) is 0 Å². The van der Waals surface area contributed by atoms with E-state index in [0.717, 1.165) is 0 Å². The number of phenols is 1. The molecule has 0 bridgehead atoms. The van der Waals surface area contributed by atoms with Crippen molar-refractivity contribution in [2.24, 2.45) is 0 Å². The SMILES string of the molecule is Cc1ccc(Cl)cc1S(=O)(=O)Nc1ccccc1O. The third-order valence-corrected chi connectivity index (χ3v) is 4.33. The molecule has 2 aromatic carbocycles. The summed E-state index contributed by atoms with van der Waals surface area (Å²) in [6.45, 7) is 1.68. The highest BCUT2D eigenvalue weighted by atomic mass is 35.5. The van der Waals surface area contributed by atoms with E-state index in [2.05, 4.69) is 4.72 Å². The molecule has 19 heavy (non-hydrogen) atoms. The number of sulfonamides is 1. The zero-order valence-corrected chi connectivity index (χ0v) is 11.7. The summed E-state index contributed by atoms with van der Waals surface area (Å²) in [6.07, 6.45) is 0. The van der Waals surface area contributed by atoms with Gasteiger partial charge < -0.3 is 5.11 Å². The normalized spacial score (nSPS) is 11.3. The number of nitrogens with one attached hydrogen (secondary N) is 1. The van der Waals surface area contributed by atoms with Crippen molar-refractivity contribution in [3.05, 3.63) is 53.1 Å². The first-order valence-corrected chi connectivity index (χ1v) is 7.33. The van der Waals surface area contributed by atoms with E-state index in [1.165, 1.54) is 18.2 Å². The van der Waals surface area contributed by atoms with Gasteiger partial charge in [-0.05, 0) is 36.8 Å². The summed E-state index contributed by atoms with van der Waals surface area (Å²) in [7, 11) is -3.78. The van der Waals surface area contributed by atoms with Gasteiger partial charge in [-0.2, -0.15) is 0 Å². The largest absolute Gasteiger partial charge is 0.506 e. The van der Waals surface area contributed by atoms with Crippen LogP contribution in [0.2, 0.25) is 5.02 Å². The average Bonchev–Trinajstić information content (AvgIpc) is 2.35. The highest BCUT2D eigenvalue weighted by Gasteiger charge is 2.18. The van der Waals surface area contributed by atoms with Gasteiger partial charge in [0.25, 0.3) is 10.0 Å². The molecule has 4 nitrogen and oxygen atoms in total. The molecule has 0 radical (unpaired) electrons. The Bertz CT molecular complexity index is 714. The Balaban J connectivity index is 2.44. The Morgan fingerprint density at radius 3 is 2.53 bits per heavy atom. The number of aryl methyl sites for hydroxylation is 1. The van der Waals surface area contributed by atoms with Crippen molar-refractivity contribution in [2.75, 3.05) is 4.72 Å². The van der Waals surface area contributed by atoms with Crippen molar-refractivity contribution in [3.8, 4) is 5.75 Å². The van der Waals surface area contributed by atoms with Gasteiger partial charge in [-0.15, -0.1) is 0 Å². The van der Waals surface area contributed by atoms with Crippen LogP contribution in [-0.4, -0.2) is 13.5 Å². The van der Waals surface area contributed by atoms with Crippen LogP contribution in [0.25, 0.3) is 0 Å². The summed E-state index contributed by atoms with van der Waals surface area (Å²) >= 11 is 5.82. The Hall–Kier alpha value is -1.72. The van der Waals surface area contributed by atoms with Crippen LogP contribution in [-0.2, 0) is 10.0 Å². The molecule has 0 saturated carbocycles. The minimum atomic E-state index is -3.78. The summed E-state index contributed by atoms with van der Waals surface area (Å²) in [5, 5.41) is 9.93. The maximum atomic E-state index is 12.2. The fraction of sp³-hybridized carbons (Fsp3) is 0.0769. The highest BCUT2D eigenvalue weighted by Crippen LogP contribution is 2.27. The Labute approximate surface area is 116 Å². The molecule has 0 unspecified atom stereocenters. The second kappa shape index (κ2) is 5.11. The maximum absolute atomic E-state index is 12.2. The van der Waals surface area contributed by atoms with Crippen LogP contribution in [0.5, 0.6) is 5.75 Å². The molecular formula is C13H12ClNO3S. The van der Waals surface area contributed by atoms with Gasteiger partial charge in [-0.3, -0.25) is 4.72 Å². The van der Waals surface area contributed by atoms with Gasteiger partial charge in [0.1, 0.15) is 5.75 Å². The van der Waals surface area contributed by atoms with Crippen LogP contribution < -0.4 is 4.72 Å². The molecule has 2 N–H and O–H groups in total. The molecule has 2 rings (SSSR count). The molecule has 0 heterocycles. The summed E-state index contributed by atoms with van der Waals surface area (Å²) in [6, 6.07) is 10.7. The van der Waals surface area contributed by atoms with Gasteiger partial charge in [0.2, 0.25) is 0 Å². The average molecular weight is 298 g/mol. The van der Waals surface area contributed by atoms with Crippen LogP contribution in [0.15, 0.2) is 47.4 Å². The molecule has 0 fully saturated rings. The maximum Gasteiger partial charge on any atom is 0.262 e. The van der Waals surface area contributed by atoms with Gasteiger partial charge in [-0.25, -0.2) is 8.42 Å². The van der Waals surface area contributed by atoms with Crippen molar-refractivity contribution in [1.82, 2.24) is 0 Å². The molecule has 0 spiro atoms. The zero-order valence-electron chi connectivity index (χ0n) is 10.1. The van der Waals surface area contributed by atoms with Gasteiger partial charge in [0.05, 0.1) is 10.6 Å².